The SMILES string of the molecule is Cc1cc(NCC(c2ccccc2)C(C)C)cnc1Cl. The van der Waals surface area contributed by atoms with Gasteiger partial charge in [-0.1, -0.05) is 55.8 Å². The molecule has 1 unspecified atom stereocenters. The van der Waals surface area contributed by atoms with Gasteiger partial charge in [0.2, 0.25) is 0 Å². The molecule has 0 saturated carbocycles. The number of aromatic nitrogens is 1. The van der Waals surface area contributed by atoms with Crippen molar-refractivity contribution in [1.29, 1.82) is 0 Å². The molecule has 0 aliphatic heterocycles. The Kier molecular flexibility index (Phi) is 5.02. The van der Waals surface area contributed by atoms with Crippen molar-refractivity contribution in [2.45, 2.75) is 26.7 Å². The molecule has 1 aromatic carbocycles. The van der Waals surface area contributed by atoms with Crippen LogP contribution in [0.4, 0.5) is 5.69 Å². The third kappa shape index (κ3) is 3.73. The van der Waals surface area contributed by atoms with Gasteiger partial charge >= 0.3 is 0 Å². The second-order valence-corrected chi connectivity index (χ2v) is 5.83. The fourth-order valence-electron chi connectivity index (χ4n) is 2.32. The third-order valence-electron chi connectivity index (χ3n) is 3.57. The van der Waals surface area contributed by atoms with Crippen LogP contribution in [-0.2, 0) is 0 Å². The summed E-state index contributed by atoms with van der Waals surface area (Å²) < 4.78 is 0. The Morgan fingerprint density at radius 2 is 1.90 bits per heavy atom. The predicted octanol–water partition coefficient (Wildman–Crippen LogP) is 4.90. The summed E-state index contributed by atoms with van der Waals surface area (Å²) >= 11 is 5.95. The average Bonchev–Trinajstić information content (AvgIpc) is 2.44. The van der Waals surface area contributed by atoms with Crippen LogP contribution in [0.3, 0.4) is 0 Å². The van der Waals surface area contributed by atoms with E-state index in [0.717, 1.165) is 17.8 Å². The first-order valence-corrected chi connectivity index (χ1v) is 7.36. The Balaban J connectivity index is 2.08. The van der Waals surface area contributed by atoms with Crippen LogP contribution in [0.2, 0.25) is 5.15 Å². The zero-order chi connectivity index (χ0) is 14.5. The van der Waals surface area contributed by atoms with Gasteiger partial charge in [0, 0.05) is 12.5 Å². The van der Waals surface area contributed by atoms with Gasteiger partial charge in [0.05, 0.1) is 11.9 Å². The number of rotatable bonds is 5. The Hall–Kier alpha value is -1.54. The van der Waals surface area contributed by atoms with Crippen molar-refractivity contribution < 1.29 is 0 Å². The van der Waals surface area contributed by atoms with E-state index in [2.05, 4.69) is 54.5 Å². The molecule has 3 heteroatoms. The number of pyridine rings is 1. The molecule has 0 spiro atoms. The average molecular weight is 289 g/mol. The second-order valence-electron chi connectivity index (χ2n) is 5.47. The number of benzene rings is 1. The molecule has 2 rings (SSSR count). The van der Waals surface area contributed by atoms with Crippen LogP contribution >= 0.6 is 11.6 Å². The van der Waals surface area contributed by atoms with Gasteiger partial charge in [0.25, 0.3) is 0 Å². The molecule has 0 fully saturated rings. The minimum Gasteiger partial charge on any atom is -0.383 e. The van der Waals surface area contributed by atoms with E-state index in [1.54, 1.807) is 6.20 Å². The summed E-state index contributed by atoms with van der Waals surface area (Å²) in [5.41, 5.74) is 3.39. The molecule has 0 saturated heterocycles. The molecule has 0 amide bonds. The topological polar surface area (TPSA) is 24.9 Å². The van der Waals surface area contributed by atoms with Crippen molar-refractivity contribution in [2.24, 2.45) is 5.92 Å². The lowest BCUT2D eigenvalue weighted by molar-refractivity contribution is 0.517. The molecule has 1 atom stereocenters. The van der Waals surface area contributed by atoms with Crippen molar-refractivity contribution in [3.8, 4) is 0 Å². The fourth-order valence-corrected chi connectivity index (χ4v) is 2.42. The molecule has 2 aromatic rings. The highest BCUT2D eigenvalue weighted by Crippen LogP contribution is 2.25. The quantitative estimate of drug-likeness (QED) is 0.792. The third-order valence-corrected chi connectivity index (χ3v) is 3.97. The first kappa shape index (κ1) is 14.9. The standard InChI is InChI=1S/C17H21ClN2/c1-12(2)16(14-7-5-4-6-8-14)11-19-15-9-13(3)17(18)20-10-15/h4-10,12,16,19H,11H2,1-3H3. The van der Waals surface area contributed by atoms with E-state index in [4.69, 9.17) is 11.6 Å². The van der Waals surface area contributed by atoms with Crippen LogP contribution in [0.5, 0.6) is 0 Å². The first-order chi connectivity index (χ1) is 9.58. The van der Waals surface area contributed by atoms with Gasteiger partial charge in [-0.15, -0.1) is 0 Å². The Morgan fingerprint density at radius 3 is 2.50 bits per heavy atom. The van der Waals surface area contributed by atoms with Gasteiger partial charge in [0.15, 0.2) is 0 Å². The summed E-state index contributed by atoms with van der Waals surface area (Å²) in [7, 11) is 0. The van der Waals surface area contributed by atoms with Crippen LogP contribution in [-0.4, -0.2) is 11.5 Å². The molecule has 106 valence electrons. The van der Waals surface area contributed by atoms with E-state index in [9.17, 15) is 0 Å². The van der Waals surface area contributed by atoms with Crippen LogP contribution in [0.15, 0.2) is 42.6 Å². The van der Waals surface area contributed by atoms with E-state index in [1.165, 1.54) is 5.56 Å². The summed E-state index contributed by atoms with van der Waals surface area (Å²) in [5, 5.41) is 4.04. The summed E-state index contributed by atoms with van der Waals surface area (Å²) in [4.78, 5) is 4.18. The molecule has 0 aliphatic carbocycles. The largest absolute Gasteiger partial charge is 0.383 e. The lowest BCUT2D eigenvalue weighted by Gasteiger charge is -2.22. The van der Waals surface area contributed by atoms with Crippen molar-refractivity contribution >= 4 is 17.3 Å². The number of nitrogens with one attached hydrogen (secondary N) is 1. The van der Waals surface area contributed by atoms with E-state index in [1.807, 2.05) is 13.0 Å². The molecule has 0 radical (unpaired) electrons. The number of hydrogen-bond donors (Lipinski definition) is 1. The van der Waals surface area contributed by atoms with Crippen LogP contribution in [0.25, 0.3) is 0 Å². The predicted molar refractivity (Wildman–Crippen MR) is 86.5 cm³/mol. The molecule has 1 aromatic heterocycles. The normalized spacial score (nSPS) is 12.4. The lowest BCUT2D eigenvalue weighted by Crippen LogP contribution is -2.17. The van der Waals surface area contributed by atoms with Gasteiger partial charge < -0.3 is 5.32 Å². The van der Waals surface area contributed by atoms with Crippen LogP contribution in [0.1, 0.15) is 30.9 Å². The van der Waals surface area contributed by atoms with Crippen molar-refractivity contribution in [2.75, 3.05) is 11.9 Å². The lowest BCUT2D eigenvalue weighted by atomic mass is 9.88. The Bertz CT molecular complexity index is 552. The molecular formula is C17H21ClN2. The highest BCUT2D eigenvalue weighted by atomic mass is 35.5. The number of hydrogen-bond acceptors (Lipinski definition) is 2. The number of anilines is 1. The van der Waals surface area contributed by atoms with Gasteiger partial charge in [-0.3, -0.25) is 0 Å². The number of nitrogens with zero attached hydrogens (tertiary/aromatic N) is 1. The molecule has 20 heavy (non-hydrogen) atoms. The van der Waals surface area contributed by atoms with Gasteiger partial charge in [-0.25, -0.2) is 4.98 Å². The van der Waals surface area contributed by atoms with Gasteiger partial charge in [0.1, 0.15) is 5.15 Å². The van der Waals surface area contributed by atoms with E-state index >= 15 is 0 Å². The molecule has 1 heterocycles. The zero-order valence-electron chi connectivity index (χ0n) is 12.2. The number of halogens is 1. The van der Waals surface area contributed by atoms with E-state index in [-0.39, 0.29) is 0 Å². The van der Waals surface area contributed by atoms with E-state index < -0.39 is 0 Å². The minimum absolute atomic E-state index is 0.479. The molecule has 0 bridgehead atoms. The molecular weight excluding hydrogens is 268 g/mol. The highest BCUT2D eigenvalue weighted by molar-refractivity contribution is 6.30. The molecule has 1 N–H and O–H groups in total. The minimum atomic E-state index is 0.479. The van der Waals surface area contributed by atoms with Gasteiger partial charge in [-0.05, 0) is 30.0 Å². The van der Waals surface area contributed by atoms with Crippen LogP contribution < -0.4 is 5.32 Å². The molecule has 2 nitrogen and oxygen atoms in total. The highest BCUT2D eigenvalue weighted by Gasteiger charge is 2.15. The zero-order valence-corrected chi connectivity index (χ0v) is 13.0. The first-order valence-electron chi connectivity index (χ1n) is 6.99. The number of aryl methyl sites for hydroxylation is 1. The summed E-state index contributed by atoms with van der Waals surface area (Å²) in [6.07, 6.45) is 1.79. The van der Waals surface area contributed by atoms with Gasteiger partial charge in [-0.2, -0.15) is 0 Å². The summed E-state index contributed by atoms with van der Waals surface area (Å²) in [5.74, 6) is 1.05. The van der Waals surface area contributed by atoms with Crippen LogP contribution in [0, 0.1) is 12.8 Å². The Morgan fingerprint density at radius 1 is 1.20 bits per heavy atom. The van der Waals surface area contributed by atoms with Crippen molar-refractivity contribution in [3.05, 3.63) is 58.9 Å². The maximum absolute atomic E-state index is 5.95. The maximum atomic E-state index is 5.95. The summed E-state index contributed by atoms with van der Waals surface area (Å²) in [6, 6.07) is 12.7. The maximum Gasteiger partial charge on any atom is 0.132 e. The monoisotopic (exact) mass is 288 g/mol. The van der Waals surface area contributed by atoms with Crippen molar-refractivity contribution in [1.82, 2.24) is 4.98 Å². The van der Waals surface area contributed by atoms with E-state index in [0.29, 0.717) is 17.0 Å². The molecule has 0 aliphatic rings. The Labute approximate surface area is 126 Å². The summed E-state index contributed by atoms with van der Waals surface area (Å²) in [6.45, 7) is 7.37. The smallest absolute Gasteiger partial charge is 0.132 e. The van der Waals surface area contributed by atoms with Crippen molar-refractivity contribution in [3.63, 3.8) is 0 Å². The second kappa shape index (κ2) is 6.76. The fraction of sp³-hybridized carbons (Fsp3) is 0.353.